The van der Waals surface area contributed by atoms with E-state index >= 15 is 0 Å². The third-order valence-electron chi connectivity index (χ3n) is 9.92. The van der Waals surface area contributed by atoms with Crippen LogP contribution in [0.1, 0.15) is 54.6 Å². The van der Waals surface area contributed by atoms with Crippen molar-refractivity contribution in [3.8, 4) is 11.1 Å². The molecule has 2 atom stereocenters. The van der Waals surface area contributed by atoms with Crippen molar-refractivity contribution >= 4 is 18.5 Å². The fourth-order valence-corrected chi connectivity index (χ4v) is 9.83. The van der Waals surface area contributed by atoms with Crippen LogP contribution < -0.4 is 0 Å². The molecule has 0 radical (unpaired) electrons. The summed E-state index contributed by atoms with van der Waals surface area (Å²) in [5, 5.41) is -0.676. The van der Waals surface area contributed by atoms with Crippen LogP contribution in [0.25, 0.3) is 11.1 Å². The van der Waals surface area contributed by atoms with Crippen molar-refractivity contribution in [3.63, 3.8) is 0 Å². The molecule has 0 spiro atoms. The van der Waals surface area contributed by atoms with Crippen molar-refractivity contribution in [2.24, 2.45) is 23.7 Å². The molecule has 4 aromatic rings. The second kappa shape index (κ2) is 9.58. The van der Waals surface area contributed by atoms with E-state index in [-0.39, 0.29) is 5.41 Å². The number of nitrogens with zero attached hydrogens (tertiary/aromatic N) is 4. The third kappa shape index (κ3) is 3.71. The molecular formula is C32H34N4P2. The highest BCUT2D eigenvalue weighted by atomic mass is 31.0. The Bertz CT molecular complexity index is 1360. The summed E-state index contributed by atoms with van der Waals surface area (Å²) in [4.78, 5) is 18.8. The summed E-state index contributed by atoms with van der Waals surface area (Å²) in [6.07, 6.45) is 18.8. The fourth-order valence-electron chi connectivity index (χ4n) is 8.41. The van der Waals surface area contributed by atoms with Gasteiger partial charge in [-0.3, -0.25) is 19.9 Å². The topological polar surface area (TPSA) is 51.6 Å². The van der Waals surface area contributed by atoms with E-state index in [0.29, 0.717) is 0 Å². The lowest BCUT2D eigenvalue weighted by Crippen LogP contribution is -2.57. The molecule has 4 aliphatic carbocycles. The Morgan fingerprint density at radius 3 is 1.87 bits per heavy atom. The lowest BCUT2D eigenvalue weighted by atomic mass is 9.44. The van der Waals surface area contributed by atoms with Crippen molar-refractivity contribution < 1.29 is 0 Å². The summed E-state index contributed by atoms with van der Waals surface area (Å²) >= 11 is 0. The van der Waals surface area contributed by atoms with Gasteiger partial charge < -0.3 is 0 Å². The molecule has 2 aromatic carbocycles. The van der Waals surface area contributed by atoms with E-state index in [0.717, 1.165) is 41.2 Å². The summed E-state index contributed by atoms with van der Waals surface area (Å²) in [7, 11) is 6.35. The van der Waals surface area contributed by atoms with Crippen LogP contribution in [0.2, 0.25) is 0 Å². The Morgan fingerprint density at radius 1 is 0.737 bits per heavy atom. The molecule has 6 heteroatoms. The standard InChI is InChI=1S/C32H34N4P2/c37-20-31(25-13-21-12-22(15-25)16-26(31)14-21)27-7-6-24(23-4-2-1-3-5-23)17-28(27)32(38,29-18-33-8-10-35-29)30-19-34-9-11-36-30/h1-11,17-19,21-22,25-26H,12-16,20,37-38H2. The summed E-state index contributed by atoms with van der Waals surface area (Å²) in [5.74, 6) is 3.26. The zero-order chi connectivity index (χ0) is 25.7. The second-order valence-electron chi connectivity index (χ2n) is 11.7. The Morgan fingerprint density at radius 2 is 1.34 bits per heavy atom. The Balaban J connectivity index is 1.52. The van der Waals surface area contributed by atoms with Crippen LogP contribution in [-0.2, 0) is 10.6 Å². The van der Waals surface area contributed by atoms with E-state index in [1.54, 1.807) is 24.8 Å². The normalized spacial score (nSPS) is 27.9. The largest absolute Gasteiger partial charge is 0.261 e. The Kier molecular flexibility index (Phi) is 6.18. The zero-order valence-electron chi connectivity index (χ0n) is 21.6. The van der Waals surface area contributed by atoms with Gasteiger partial charge in [-0.2, -0.15) is 0 Å². The molecule has 2 heterocycles. The van der Waals surface area contributed by atoms with E-state index in [1.165, 1.54) is 54.4 Å². The predicted octanol–water partition coefficient (Wildman–Crippen LogP) is 6.67. The van der Waals surface area contributed by atoms with Crippen molar-refractivity contribution in [1.29, 1.82) is 0 Å². The second-order valence-corrected chi connectivity index (χ2v) is 12.9. The number of hydrogen-bond acceptors (Lipinski definition) is 4. The van der Waals surface area contributed by atoms with Crippen molar-refractivity contribution in [3.05, 3.63) is 108 Å². The van der Waals surface area contributed by atoms with Gasteiger partial charge in [-0.1, -0.05) is 42.5 Å². The van der Waals surface area contributed by atoms with Crippen molar-refractivity contribution in [2.75, 3.05) is 6.16 Å². The summed E-state index contributed by atoms with van der Waals surface area (Å²) < 4.78 is 0. The minimum absolute atomic E-state index is 0.134. The summed E-state index contributed by atoms with van der Waals surface area (Å²) in [5.41, 5.74) is 7.04. The molecular weight excluding hydrogens is 502 g/mol. The van der Waals surface area contributed by atoms with Crippen LogP contribution in [0.15, 0.2) is 85.7 Å². The van der Waals surface area contributed by atoms with Crippen LogP contribution >= 0.6 is 18.5 Å². The van der Waals surface area contributed by atoms with Gasteiger partial charge in [0.1, 0.15) is 0 Å². The summed E-state index contributed by atoms with van der Waals surface area (Å²) in [6, 6.07) is 17.9. The fraction of sp³-hybridized carbons (Fsp3) is 0.375. The van der Waals surface area contributed by atoms with Crippen LogP contribution in [0.4, 0.5) is 0 Å². The number of benzene rings is 2. The maximum Gasteiger partial charge on any atom is 0.0967 e. The van der Waals surface area contributed by atoms with Gasteiger partial charge in [0.05, 0.1) is 28.9 Å². The molecule has 0 N–H and O–H groups in total. The van der Waals surface area contributed by atoms with E-state index in [9.17, 15) is 0 Å². The maximum absolute atomic E-state index is 4.88. The molecule has 0 aliphatic heterocycles. The minimum atomic E-state index is -0.676. The number of rotatable bonds is 6. The first-order chi connectivity index (χ1) is 18.6. The van der Waals surface area contributed by atoms with Crippen LogP contribution in [0.5, 0.6) is 0 Å². The Labute approximate surface area is 230 Å². The molecule has 8 rings (SSSR count). The van der Waals surface area contributed by atoms with Gasteiger partial charge in [0.15, 0.2) is 0 Å². The molecule has 0 saturated heterocycles. The van der Waals surface area contributed by atoms with E-state index in [1.807, 2.05) is 12.4 Å². The quantitative estimate of drug-likeness (QED) is 0.258. The lowest BCUT2D eigenvalue weighted by Gasteiger charge is -2.62. The maximum atomic E-state index is 4.88. The first-order valence-corrected chi connectivity index (χ1v) is 15.2. The monoisotopic (exact) mass is 536 g/mol. The van der Waals surface area contributed by atoms with Gasteiger partial charge in [-0.05, 0) is 90.3 Å². The average Bonchev–Trinajstić information content (AvgIpc) is 2.98. The number of hydrogen-bond donors (Lipinski definition) is 0. The predicted molar refractivity (Wildman–Crippen MR) is 159 cm³/mol. The molecule has 0 amide bonds. The van der Waals surface area contributed by atoms with Gasteiger partial charge in [-0.25, -0.2) is 0 Å². The smallest absolute Gasteiger partial charge is 0.0967 e. The lowest BCUT2D eigenvalue weighted by molar-refractivity contribution is -0.0504. The first-order valence-electron chi connectivity index (χ1n) is 13.8. The van der Waals surface area contributed by atoms with Crippen LogP contribution in [-0.4, -0.2) is 26.1 Å². The van der Waals surface area contributed by atoms with Gasteiger partial charge in [0, 0.05) is 30.2 Å². The van der Waals surface area contributed by atoms with E-state index < -0.39 is 5.16 Å². The SMILES string of the molecule is PCC1(c2ccc(-c3ccccc3)cc2C(P)(c2cnccn2)c2cnccn2)C2CC3CC(C2)CC1C3. The Hall–Kier alpha value is -2.54. The van der Waals surface area contributed by atoms with Crippen LogP contribution in [0.3, 0.4) is 0 Å². The number of aromatic nitrogens is 4. The highest BCUT2D eigenvalue weighted by molar-refractivity contribution is 7.19. The molecule has 4 nitrogen and oxygen atoms in total. The van der Waals surface area contributed by atoms with E-state index in [4.69, 9.17) is 9.97 Å². The van der Waals surface area contributed by atoms with Gasteiger partial charge >= 0.3 is 0 Å². The van der Waals surface area contributed by atoms with Gasteiger partial charge in [-0.15, -0.1) is 18.5 Å². The molecule has 4 bridgehead atoms. The van der Waals surface area contributed by atoms with Crippen molar-refractivity contribution in [1.82, 2.24) is 19.9 Å². The third-order valence-corrected chi connectivity index (χ3v) is 11.5. The van der Waals surface area contributed by atoms with Gasteiger partial charge in [0.2, 0.25) is 0 Å². The minimum Gasteiger partial charge on any atom is -0.261 e. The molecule has 4 fully saturated rings. The average molecular weight is 537 g/mol. The summed E-state index contributed by atoms with van der Waals surface area (Å²) in [6.45, 7) is 0. The highest BCUT2D eigenvalue weighted by Crippen LogP contribution is 2.65. The van der Waals surface area contributed by atoms with Crippen molar-refractivity contribution in [2.45, 2.75) is 42.7 Å². The molecule has 2 aromatic heterocycles. The molecule has 2 unspecified atom stereocenters. The van der Waals surface area contributed by atoms with Gasteiger partial charge in [0.25, 0.3) is 0 Å². The molecule has 4 saturated carbocycles. The molecule has 4 aliphatic rings. The first kappa shape index (κ1) is 24.5. The van der Waals surface area contributed by atoms with Crippen LogP contribution in [0, 0.1) is 23.7 Å². The zero-order valence-corrected chi connectivity index (χ0v) is 23.9. The van der Waals surface area contributed by atoms with E-state index in [2.05, 4.69) is 77.0 Å². The highest BCUT2D eigenvalue weighted by Gasteiger charge is 2.58. The molecule has 192 valence electrons. The molecule has 38 heavy (non-hydrogen) atoms.